The lowest BCUT2D eigenvalue weighted by atomic mass is 9.96. The van der Waals surface area contributed by atoms with E-state index in [4.69, 9.17) is 0 Å². The quantitative estimate of drug-likeness (QED) is 0.822. The smallest absolute Gasteiger partial charge is 0.129 e. The zero-order chi connectivity index (χ0) is 15.6. The lowest BCUT2D eigenvalue weighted by Gasteiger charge is -2.21. The summed E-state index contributed by atoms with van der Waals surface area (Å²) in [5, 5.41) is 3.00. The van der Waals surface area contributed by atoms with Crippen LogP contribution in [-0.4, -0.2) is 6.54 Å². The Kier molecular flexibility index (Phi) is 5.06. The molecule has 0 aliphatic rings. The Balaban J connectivity index is 2.55. The summed E-state index contributed by atoms with van der Waals surface area (Å²) >= 11 is 3.18. The second-order valence-electron chi connectivity index (χ2n) is 4.78. The molecule has 0 spiro atoms. The molecule has 0 aliphatic carbocycles. The van der Waals surface area contributed by atoms with Crippen molar-refractivity contribution in [1.29, 1.82) is 0 Å². The number of hydrogen-bond donors (Lipinski definition) is 1. The zero-order valence-electron chi connectivity index (χ0n) is 11.7. The summed E-state index contributed by atoms with van der Waals surface area (Å²) in [5.41, 5.74) is 0.603. The van der Waals surface area contributed by atoms with Crippen LogP contribution in [0.15, 0.2) is 34.8 Å². The maximum Gasteiger partial charge on any atom is 0.129 e. The molecule has 0 saturated carbocycles. The molecular formula is C16H15BrF3N. The van der Waals surface area contributed by atoms with Crippen molar-refractivity contribution in [2.75, 3.05) is 6.54 Å². The molecule has 2 rings (SSSR count). The van der Waals surface area contributed by atoms with E-state index in [0.717, 1.165) is 12.1 Å². The summed E-state index contributed by atoms with van der Waals surface area (Å²) < 4.78 is 42.6. The number of nitrogens with one attached hydrogen (secondary N) is 1. The SMILES string of the molecule is CCNC(c1ccc(Br)cc1F)c1cc(F)c(C)cc1F. The second-order valence-corrected chi connectivity index (χ2v) is 5.70. The fourth-order valence-electron chi connectivity index (χ4n) is 2.21. The van der Waals surface area contributed by atoms with Crippen LogP contribution < -0.4 is 5.32 Å². The van der Waals surface area contributed by atoms with E-state index in [-0.39, 0.29) is 16.7 Å². The first-order valence-corrected chi connectivity index (χ1v) is 7.37. The second kappa shape index (κ2) is 6.62. The standard InChI is InChI=1S/C16H15BrF3N/c1-3-21-16(11-5-4-10(17)7-15(11)20)12-8-13(18)9(2)6-14(12)19/h4-8,16,21H,3H2,1-2H3. The van der Waals surface area contributed by atoms with E-state index in [0.29, 0.717) is 11.0 Å². The van der Waals surface area contributed by atoms with Crippen LogP contribution in [0.5, 0.6) is 0 Å². The molecule has 0 bridgehead atoms. The van der Waals surface area contributed by atoms with Crippen molar-refractivity contribution in [2.24, 2.45) is 0 Å². The van der Waals surface area contributed by atoms with Gasteiger partial charge in [-0.3, -0.25) is 0 Å². The molecule has 2 aromatic rings. The highest BCUT2D eigenvalue weighted by Gasteiger charge is 2.21. The number of benzene rings is 2. The Hall–Kier alpha value is -1.33. The molecule has 1 unspecified atom stereocenters. The molecule has 0 aromatic heterocycles. The highest BCUT2D eigenvalue weighted by molar-refractivity contribution is 9.10. The maximum absolute atomic E-state index is 14.2. The predicted octanol–water partition coefficient (Wildman–Crippen LogP) is 4.87. The van der Waals surface area contributed by atoms with E-state index in [1.165, 1.54) is 13.0 Å². The number of halogens is 4. The molecule has 1 N–H and O–H groups in total. The minimum absolute atomic E-state index is 0.0983. The minimum Gasteiger partial charge on any atom is -0.306 e. The van der Waals surface area contributed by atoms with E-state index in [9.17, 15) is 13.2 Å². The van der Waals surface area contributed by atoms with Crippen molar-refractivity contribution in [3.8, 4) is 0 Å². The molecule has 0 aliphatic heterocycles. The van der Waals surface area contributed by atoms with Gasteiger partial charge >= 0.3 is 0 Å². The van der Waals surface area contributed by atoms with Gasteiger partial charge in [0.15, 0.2) is 0 Å². The Morgan fingerprint density at radius 2 is 1.67 bits per heavy atom. The maximum atomic E-state index is 14.2. The van der Waals surface area contributed by atoms with Crippen LogP contribution in [-0.2, 0) is 0 Å². The van der Waals surface area contributed by atoms with Crippen molar-refractivity contribution in [3.05, 3.63) is 68.9 Å². The van der Waals surface area contributed by atoms with Gasteiger partial charge in [0.1, 0.15) is 17.5 Å². The van der Waals surface area contributed by atoms with Crippen molar-refractivity contribution in [2.45, 2.75) is 19.9 Å². The van der Waals surface area contributed by atoms with Gasteiger partial charge < -0.3 is 5.32 Å². The highest BCUT2D eigenvalue weighted by Crippen LogP contribution is 2.29. The molecule has 21 heavy (non-hydrogen) atoms. The molecule has 112 valence electrons. The monoisotopic (exact) mass is 357 g/mol. The normalized spacial score (nSPS) is 12.5. The highest BCUT2D eigenvalue weighted by atomic mass is 79.9. The average molecular weight is 358 g/mol. The van der Waals surface area contributed by atoms with E-state index in [1.54, 1.807) is 12.1 Å². The van der Waals surface area contributed by atoms with Crippen LogP contribution in [0.25, 0.3) is 0 Å². The van der Waals surface area contributed by atoms with Crippen LogP contribution in [0.3, 0.4) is 0 Å². The lowest BCUT2D eigenvalue weighted by Crippen LogP contribution is -2.24. The summed E-state index contributed by atoms with van der Waals surface area (Å²) in [6, 6.07) is 6.06. The third-order valence-electron chi connectivity index (χ3n) is 3.27. The Labute approximate surface area is 130 Å². The summed E-state index contributed by atoms with van der Waals surface area (Å²) in [6.45, 7) is 3.81. The molecule has 0 radical (unpaired) electrons. The van der Waals surface area contributed by atoms with Gasteiger partial charge in [-0.2, -0.15) is 0 Å². The van der Waals surface area contributed by atoms with Crippen LogP contribution in [0.4, 0.5) is 13.2 Å². The fraction of sp³-hybridized carbons (Fsp3) is 0.250. The van der Waals surface area contributed by atoms with Gasteiger partial charge in [-0.25, -0.2) is 13.2 Å². The summed E-state index contributed by atoms with van der Waals surface area (Å²) in [6.07, 6.45) is 0. The van der Waals surface area contributed by atoms with Gasteiger partial charge in [0, 0.05) is 15.6 Å². The summed E-state index contributed by atoms with van der Waals surface area (Å²) in [5.74, 6) is -1.54. The number of aryl methyl sites for hydroxylation is 1. The van der Waals surface area contributed by atoms with E-state index in [1.807, 2.05) is 6.92 Å². The van der Waals surface area contributed by atoms with Gasteiger partial charge in [-0.05, 0) is 43.3 Å². The first kappa shape index (κ1) is 16.0. The zero-order valence-corrected chi connectivity index (χ0v) is 13.3. The summed E-state index contributed by atoms with van der Waals surface area (Å²) in [4.78, 5) is 0. The van der Waals surface area contributed by atoms with Gasteiger partial charge in [0.05, 0.1) is 6.04 Å². The van der Waals surface area contributed by atoms with Crippen molar-refractivity contribution in [1.82, 2.24) is 5.32 Å². The van der Waals surface area contributed by atoms with Crippen LogP contribution in [0, 0.1) is 24.4 Å². The molecular weight excluding hydrogens is 343 g/mol. The summed E-state index contributed by atoms with van der Waals surface area (Å²) in [7, 11) is 0. The Morgan fingerprint density at radius 1 is 1.00 bits per heavy atom. The number of rotatable bonds is 4. The van der Waals surface area contributed by atoms with Gasteiger partial charge in [-0.15, -0.1) is 0 Å². The van der Waals surface area contributed by atoms with Gasteiger partial charge in [-0.1, -0.05) is 28.9 Å². The average Bonchev–Trinajstić information content (AvgIpc) is 2.41. The molecule has 0 saturated heterocycles. The first-order valence-electron chi connectivity index (χ1n) is 6.58. The van der Waals surface area contributed by atoms with Crippen LogP contribution in [0.2, 0.25) is 0 Å². The molecule has 5 heteroatoms. The Morgan fingerprint density at radius 3 is 2.29 bits per heavy atom. The largest absolute Gasteiger partial charge is 0.306 e. The van der Waals surface area contributed by atoms with Crippen molar-refractivity contribution in [3.63, 3.8) is 0 Å². The predicted molar refractivity (Wildman–Crippen MR) is 80.7 cm³/mol. The van der Waals surface area contributed by atoms with Gasteiger partial charge in [0.25, 0.3) is 0 Å². The van der Waals surface area contributed by atoms with Crippen LogP contribution >= 0.6 is 15.9 Å². The molecule has 1 atom stereocenters. The van der Waals surface area contributed by atoms with Crippen molar-refractivity contribution < 1.29 is 13.2 Å². The van der Waals surface area contributed by atoms with Crippen molar-refractivity contribution >= 4 is 15.9 Å². The third-order valence-corrected chi connectivity index (χ3v) is 3.76. The lowest BCUT2D eigenvalue weighted by molar-refractivity contribution is 0.520. The topological polar surface area (TPSA) is 12.0 Å². The molecule has 0 fully saturated rings. The van der Waals surface area contributed by atoms with Gasteiger partial charge in [0.2, 0.25) is 0 Å². The minimum atomic E-state index is -0.738. The Bertz CT molecular complexity index is 658. The molecule has 2 aromatic carbocycles. The molecule has 0 heterocycles. The van der Waals surface area contributed by atoms with E-state index >= 15 is 0 Å². The number of hydrogen-bond acceptors (Lipinski definition) is 1. The first-order chi connectivity index (χ1) is 9.93. The molecule has 0 amide bonds. The van der Waals surface area contributed by atoms with Crippen LogP contribution in [0.1, 0.15) is 29.7 Å². The van der Waals surface area contributed by atoms with E-state index in [2.05, 4.69) is 21.2 Å². The fourth-order valence-corrected chi connectivity index (χ4v) is 2.54. The third kappa shape index (κ3) is 3.47. The van der Waals surface area contributed by atoms with E-state index < -0.39 is 23.5 Å². The molecule has 1 nitrogen and oxygen atoms in total.